The van der Waals surface area contributed by atoms with Crippen molar-refractivity contribution < 1.29 is 17.6 Å². The van der Waals surface area contributed by atoms with Gasteiger partial charge in [0.05, 0.1) is 11.4 Å². The summed E-state index contributed by atoms with van der Waals surface area (Å²) in [5.41, 5.74) is 1.33. The Morgan fingerprint density at radius 2 is 1.88 bits per heavy atom. The van der Waals surface area contributed by atoms with E-state index in [9.17, 15) is 17.6 Å². The van der Waals surface area contributed by atoms with Gasteiger partial charge in [-0.3, -0.25) is 4.79 Å². The number of nitrogens with one attached hydrogen (secondary N) is 1. The topological polar surface area (TPSA) is 110 Å². The number of amides is 1. The molecule has 26 heavy (non-hydrogen) atoms. The summed E-state index contributed by atoms with van der Waals surface area (Å²) >= 11 is 0. The summed E-state index contributed by atoms with van der Waals surface area (Å²) in [4.78, 5) is 12.6. The number of carbonyl (C=O) groups excluding carboxylic acids is 1. The summed E-state index contributed by atoms with van der Waals surface area (Å²) in [5.74, 6) is -0.398. The van der Waals surface area contributed by atoms with Crippen molar-refractivity contribution in [2.24, 2.45) is 11.1 Å². The van der Waals surface area contributed by atoms with Crippen LogP contribution < -0.4 is 10.5 Å². The fourth-order valence-electron chi connectivity index (χ4n) is 2.97. The Morgan fingerprint density at radius 3 is 2.46 bits per heavy atom. The van der Waals surface area contributed by atoms with E-state index in [1.807, 2.05) is 0 Å². The van der Waals surface area contributed by atoms with Gasteiger partial charge in [0.2, 0.25) is 5.91 Å². The first-order valence-corrected chi connectivity index (χ1v) is 9.66. The van der Waals surface area contributed by atoms with Crippen LogP contribution in [0, 0.1) is 18.7 Å². The standard InChI is InChI=1S/C16H20FN5O3S/c1-11-10-15(22(20-11)14-4-2-13(17)3-5-14)19-16(23)12-6-8-21(9-7-12)26(18,24)25/h2-5,10,12H,6-9H2,1H3,(H,19,23)(H2,18,24,25). The number of hydrogen-bond donors (Lipinski definition) is 2. The van der Waals surface area contributed by atoms with E-state index < -0.39 is 10.2 Å². The lowest BCUT2D eigenvalue weighted by Gasteiger charge is -2.29. The van der Waals surface area contributed by atoms with Gasteiger partial charge in [-0.2, -0.15) is 17.8 Å². The van der Waals surface area contributed by atoms with Crippen LogP contribution in [0.25, 0.3) is 5.69 Å². The molecule has 1 aromatic heterocycles. The van der Waals surface area contributed by atoms with Crippen molar-refractivity contribution in [2.45, 2.75) is 19.8 Å². The smallest absolute Gasteiger partial charge is 0.276 e. The molecule has 2 heterocycles. The number of rotatable bonds is 4. The zero-order valence-electron chi connectivity index (χ0n) is 14.2. The average Bonchev–Trinajstić information content (AvgIpc) is 2.95. The third kappa shape index (κ3) is 4.09. The summed E-state index contributed by atoms with van der Waals surface area (Å²) in [5, 5.41) is 12.3. The number of carbonyl (C=O) groups is 1. The van der Waals surface area contributed by atoms with E-state index in [2.05, 4.69) is 10.4 Å². The number of aromatic nitrogens is 2. The monoisotopic (exact) mass is 381 g/mol. The molecule has 0 unspecified atom stereocenters. The minimum absolute atomic E-state index is 0.206. The quantitative estimate of drug-likeness (QED) is 0.828. The van der Waals surface area contributed by atoms with Gasteiger partial charge in [-0.25, -0.2) is 14.2 Å². The highest BCUT2D eigenvalue weighted by atomic mass is 32.2. The van der Waals surface area contributed by atoms with Crippen molar-refractivity contribution in [3.8, 4) is 5.69 Å². The number of aryl methyl sites for hydroxylation is 1. The molecule has 3 N–H and O–H groups in total. The van der Waals surface area contributed by atoms with Crippen molar-refractivity contribution in [3.05, 3.63) is 41.8 Å². The van der Waals surface area contributed by atoms with Gasteiger partial charge in [0.1, 0.15) is 11.6 Å². The van der Waals surface area contributed by atoms with Gasteiger partial charge >= 0.3 is 0 Å². The van der Waals surface area contributed by atoms with E-state index in [0.29, 0.717) is 30.0 Å². The molecule has 8 nitrogen and oxygen atoms in total. The van der Waals surface area contributed by atoms with Gasteiger partial charge in [-0.1, -0.05) is 0 Å². The summed E-state index contributed by atoms with van der Waals surface area (Å²) in [7, 11) is -3.72. The van der Waals surface area contributed by atoms with Gasteiger partial charge in [0.15, 0.2) is 0 Å². The molecule has 0 atom stereocenters. The molecule has 3 rings (SSSR count). The lowest BCUT2D eigenvalue weighted by atomic mass is 9.97. The number of halogens is 1. The Bertz CT molecular complexity index is 902. The number of benzene rings is 1. The molecule has 1 fully saturated rings. The van der Waals surface area contributed by atoms with Gasteiger partial charge in [0.25, 0.3) is 10.2 Å². The molecule has 1 saturated heterocycles. The first-order valence-electron chi connectivity index (χ1n) is 8.15. The van der Waals surface area contributed by atoms with Crippen molar-refractivity contribution in [2.75, 3.05) is 18.4 Å². The normalized spacial score (nSPS) is 16.6. The Labute approximate surface area is 151 Å². The van der Waals surface area contributed by atoms with Crippen LogP contribution in [0.3, 0.4) is 0 Å². The minimum atomic E-state index is -3.72. The first kappa shape index (κ1) is 18.5. The zero-order chi connectivity index (χ0) is 18.9. The summed E-state index contributed by atoms with van der Waals surface area (Å²) in [6, 6.07) is 7.51. The Balaban J connectivity index is 1.72. The molecule has 140 valence electrons. The molecular weight excluding hydrogens is 361 g/mol. The van der Waals surface area contributed by atoms with Gasteiger partial charge in [0, 0.05) is 25.1 Å². The van der Waals surface area contributed by atoms with Gasteiger partial charge in [-0.15, -0.1) is 0 Å². The molecule has 0 radical (unpaired) electrons. The summed E-state index contributed by atoms with van der Waals surface area (Å²) in [6.07, 6.45) is 0.790. The van der Waals surface area contributed by atoms with E-state index in [1.165, 1.54) is 21.1 Å². The third-order valence-corrected chi connectivity index (χ3v) is 5.42. The molecule has 10 heteroatoms. The van der Waals surface area contributed by atoms with Crippen LogP contribution in [-0.2, 0) is 15.0 Å². The Morgan fingerprint density at radius 1 is 1.27 bits per heavy atom. The summed E-state index contributed by atoms with van der Waals surface area (Å²) in [6.45, 7) is 2.22. The molecule has 0 spiro atoms. The minimum Gasteiger partial charge on any atom is -0.310 e. The van der Waals surface area contributed by atoms with E-state index in [-0.39, 0.29) is 30.7 Å². The van der Waals surface area contributed by atoms with Gasteiger partial charge < -0.3 is 5.32 Å². The van der Waals surface area contributed by atoms with Crippen LogP contribution in [0.15, 0.2) is 30.3 Å². The molecule has 1 amide bonds. The highest BCUT2D eigenvalue weighted by Crippen LogP contribution is 2.22. The van der Waals surface area contributed by atoms with E-state index in [1.54, 1.807) is 25.1 Å². The fraction of sp³-hybridized carbons (Fsp3) is 0.375. The Kier molecular flexibility index (Phi) is 5.08. The SMILES string of the molecule is Cc1cc(NC(=O)C2CCN(S(N)(=O)=O)CC2)n(-c2ccc(F)cc2)n1. The largest absolute Gasteiger partial charge is 0.310 e. The molecule has 1 aliphatic rings. The molecule has 1 aromatic carbocycles. The van der Waals surface area contributed by atoms with Crippen molar-refractivity contribution >= 4 is 21.9 Å². The lowest BCUT2D eigenvalue weighted by molar-refractivity contribution is -0.120. The maximum atomic E-state index is 13.1. The number of anilines is 1. The Hall–Kier alpha value is -2.30. The second kappa shape index (κ2) is 7.14. The number of piperidine rings is 1. The fourth-order valence-corrected chi connectivity index (χ4v) is 3.69. The van der Waals surface area contributed by atoms with Crippen LogP contribution in [-0.4, -0.2) is 41.5 Å². The molecule has 0 saturated carbocycles. The highest BCUT2D eigenvalue weighted by molar-refractivity contribution is 7.86. The summed E-state index contributed by atoms with van der Waals surface area (Å²) < 4.78 is 38.5. The first-order chi connectivity index (χ1) is 12.2. The molecule has 0 bridgehead atoms. The van der Waals surface area contributed by atoms with Crippen molar-refractivity contribution in [1.29, 1.82) is 0 Å². The highest BCUT2D eigenvalue weighted by Gasteiger charge is 2.29. The van der Waals surface area contributed by atoms with E-state index in [4.69, 9.17) is 5.14 Å². The van der Waals surface area contributed by atoms with Gasteiger partial charge in [-0.05, 0) is 44.0 Å². The lowest BCUT2D eigenvalue weighted by Crippen LogP contribution is -2.44. The van der Waals surface area contributed by atoms with Crippen LogP contribution >= 0.6 is 0 Å². The zero-order valence-corrected chi connectivity index (χ0v) is 15.0. The van der Waals surface area contributed by atoms with E-state index in [0.717, 1.165) is 0 Å². The number of hydrogen-bond acceptors (Lipinski definition) is 4. The van der Waals surface area contributed by atoms with Crippen LogP contribution in [0.2, 0.25) is 0 Å². The maximum absolute atomic E-state index is 13.1. The third-order valence-electron chi connectivity index (χ3n) is 4.34. The van der Waals surface area contributed by atoms with Crippen LogP contribution in [0.4, 0.5) is 10.2 Å². The number of nitrogens with two attached hydrogens (primary N) is 1. The predicted molar refractivity (Wildman–Crippen MR) is 94.3 cm³/mol. The average molecular weight is 381 g/mol. The second-order valence-corrected chi connectivity index (χ2v) is 7.81. The van der Waals surface area contributed by atoms with E-state index >= 15 is 0 Å². The van der Waals surface area contributed by atoms with Crippen molar-refractivity contribution in [3.63, 3.8) is 0 Å². The maximum Gasteiger partial charge on any atom is 0.276 e. The van der Waals surface area contributed by atoms with Crippen LogP contribution in [0.5, 0.6) is 0 Å². The number of nitrogens with zero attached hydrogens (tertiary/aromatic N) is 3. The molecular formula is C16H20FN5O3S. The molecule has 1 aliphatic heterocycles. The molecule has 0 aliphatic carbocycles. The molecule has 2 aromatic rings. The van der Waals surface area contributed by atoms with Crippen molar-refractivity contribution in [1.82, 2.24) is 14.1 Å². The van der Waals surface area contributed by atoms with Crippen LogP contribution in [0.1, 0.15) is 18.5 Å². The predicted octanol–water partition coefficient (Wildman–Crippen LogP) is 1.17. The second-order valence-electron chi connectivity index (χ2n) is 6.27.